The van der Waals surface area contributed by atoms with Gasteiger partial charge in [0.2, 0.25) is 6.79 Å². The van der Waals surface area contributed by atoms with Crippen molar-refractivity contribution in [1.82, 2.24) is 4.90 Å². The van der Waals surface area contributed by atoms with E-state index in [4.69, 9.17) is 19.9 Å². The number of amides is 1. The lowest BCUT2D eigenvalue weighted by atomic mass is 9.58. The zero-order valence-electron chi connectivity index (χ0n) is 16.8. The largest absolute Gasteiger partial charge is 0.454 e. The fourth-order valence-electron chi connectivity index (χ4n) is 4.53. The van der Waals surface area contributed by atoms with Crippen LogP contribution in [0.1, 0.15) is 18.4 Å². The number of carbonyl (C=O) groups excluding carboxylic acids is 1. The van der Waals surface area contributed by atoms with E-state index < -0.39 is 23.3 Å². The van der Waals surface area contributed by atoms with Crippen molar-refractivity contribution in [3.63, 3.8) is 0 Å². The highest BCUT2D eigenvalue weighted by Gasteiger charge is 2.55. The van der Waals surface area contributed by atoms with Gasteiger partial charge in [-0.1, -0.05) is 12.1 Å². The number of nitriles is 3. The third-order valence-electron chi connectivity index (χ3n) is 5.95. The molecule has 156 valence electrons. The van der Waals surface area contributed by atoms with Gasteiger partial charge in [0.25, 0.3) is 0 Å². The molecule has 9 heteroatoms. The van der Waals surface area contributed by atoms with Gasteiger partial charge < -0.3 is 24.8 Å². The standard InChI is InChI=1S/C22H19N5O4/c1-2-29-21(28)27-6-5-14-15(8-23)20(26)22(10-24,11-25)19(16(14)9-27)13-3-4-17-18(7-13)31-12-30-17/h3-5,7,16,19H,2,6,9,12,26H2,1H3/t16-,19+/m1/s1. The summed E-state index contributed by atoms with van der Waals surface area (Å²) in [5.74, 6) is -0.190. The van der Waals surface area contributed by atoms with Crippen LogP contribution < -0.4 is 15.2 Å². The second-order valence-electron chi connectivity index (χ2n) is 7.39. The minimum Gasteiger partial charge on any atom is -0.454 e. The van der Waals surface area contributed by atoms with Crippen LogP contribution in [-0.2, 0) is 4.74 Å². The molecule has 0 fully saturated rings. The summed E-state index contributed by atoms with van der Waals surface area (Å²) in [6, 6.07) is 11.4. The SMILES string of the molecule is CCOC(=O)N1CC=C2C(C#N)=C(N)C(C#N)(C#N)[C@@H](c3ccc4c(c3)OCO4)[C@@H]2C1. The van der Waals surface area contributed by atoms with E-state index in [9.17, 15) is 20.6 Å². The lowest BCUT2D eigenvalue weighted by molar-refractivity contribution is 0.0999. The maximum atomic E-state index is 12.4. The smallest absolute Gasteiger partial charge is 0.410 e. The first-order valence-electron chi connectivity index (χ1n) is 9.75. The van der Waals surface area contributed by atoms with Crippen molar-refractivity contribution in [3.8, 4) is 29.7 Å². The molecule has 0 bridgehead atoms. The topological polar surface area (TPSA) is 145 Å². The molecule has 9 nitrogen and oxygen atoms in total. The second kappa shape index (κ2) is 7.59. The maximum Gasteiger partial charge on any atom is 0.410 e. The van der Waals surface area contributed by atoms with E-state index in [0.717, 1.165) is 0 Å². The van der Waals surface area contributed by atoms with Gasteiger partial charge in [0, 0.05) is 24.9 Å². The molecule has 0 spiro atoms. The molecule has 0 aromatic heterocycles. The molecule has 1 aliphatic carbocycles. The van der Waals surface area contributed by atoms with E-state index in [1.54, 1.807) is 31.2 Å². The Morgan fingerprint density at radius 2 is 2.03 bits per heavy atom. The molecule has 2 aliphatic heterocycles. The predicted octanol–water partition coefficient (Wildman–Crippen LogP) is 2.30. The molecule has 2 atom stereocenters. The average Bonchev–Trinajstić information content (AvgIpc) is 3.26. The van der Waals surface area contributed by atoms with E-state index in [2.05, 4.69) is 18.2 Å². The molecule has 4 rings (SSSR count). The lowest BCUT2D eigenvalue weighted by Crippen LogP contribution is -2.49. The molecule has 3 aliphatic rings. The van der Waals surface area contributed by atoms with Crippen molar-refractivity contribution in [3.05, 3.63) is 46.7 Å². The van der Waals surface area contributed by atoms with Gasteiger partial charge in [-0.3, -0.25) is 0 Å². The molecule has 1 amide bonds. The summed E-state index contributed by atoms with van der Waals surface area (Å²) < 4.78 is 16.0. The van der Waals surface area contributed by atoms with E-state index in [1.807, 2.05) is 0 Å². The number of hydrogen-bond donors (Lipinski definition) is 1. The number of nitrogens with zero attached hydrogens (tertiary/aromatic N) is 4. The molecule has 0 unspecified atom stereocenters. The highest BCUT2D eigenvalue weighted by Crippen LogP contribution is 2.55. The van der Waals surface area contributed by atoms with Gasteiger partial charge in [0.05, 0.1) is 30.0 Å². The number of fused-ring (bicyclic) bond motifs is 2. The van der Waals surface area contributed by atoms with Crippen LogP contribution in [-0.4, -0.2) is 37.5 Å². The van der Waals surface area contributed by atoms with E-state index in [-0.39, 0.29) is 37.8 Å². The van der Waals surface area contributed by atoms with Gasteiger partial charge in [-0.15, -0.1) is 0 Å². The molecule has 1 aromatic rings. The van der Waals surface area contributed by atoms with Gasteiger partial charge in [0.1, 0.15) is 6.07 Å². The highest BCUT2D eigenvalue weighted by molar-refractivity contribution is 5.69. The third-order valence-corrected chi connectivity index (χ3v) is 5.95. The Bertz CT molecular complexity index is 1120. The van der Waals surface area contributed by atoms with Crippen molar-refractivity contribution in [2.45, 2.75) is 12.8 Å². The van der Waals surface area contributed by atoms with Crippen LogP contribution in [0.5, 0.6) is 11.5 Å². The molecular formula is C22H19N5O4. The molecule has 0 radical (unpaired) electrons. The second-order valence-corrected chi connectivity index (χ2v) is 7.39. The van der Waals surface area contributed by atoms with Crippen LogP contribution in [0.4, 0.5) is 4.79 Å². The van der Waals surface area contributed by atoms with E-state index >= 15 is 0 Å². The van der Waals surface area contributed by atoms with E-state index in [0.29, 0.717) is 22.6 Å². The fraction of sp³-hybridized carbons (Fsp3) is 0.364. The predicted molar refractivity (Wildman–Crippen MR) is 106 cm³/mol. The summed E-state index contributed by atoms with van der Waals surface area (Å²) in [5, 5.41) is 30.0. The molecule has 1 aromatic carbocycles. The number of carbonyl (C=O) groups is 1. The van der Waals surface area contributed by atoms with Crippen LogP contribution >= 0.6 is 0 Å². The Hall–Kier alpha value is -4.16. The van der Waals surface area contributed by atoms with Gasteiger partial charge in [0.15, 0.2) is 16.9 Å². The Labute approximate surface area is 179 Å². The van der Waals surface area contributed by atoms with Crippen LogP contribution in [0.25, 0.3) is 0 Å². The van der Waals surface area contributed by atoms with Crippen LogP contribution in [0.15, 0.2) is 41.1 Å². The minimum atomic E-state index is -1.79. The van der Waals surface area contributed by atoms with Crippen molar-refractivity contribution < 1.29 is 19.0 Å². The maximum absolute atomic E-state index is 12.4. The normalized spacial score (nSPS) is 23.0. The Morgan fingerprint density at radius 3 is 2.71 bits per heavy atom. The molecule has 2 heterocycles. The first-order chi connectivity index (χ1) is 15.0. The van der Waals surface area contributed by atoms with Crippen LogP contribution in [0.2, 0.25) is 0 Å². The Morgan fingerprint density at radius 1 is 1.29 bits per heavy atom. The quantitative estimate of drug-likeness (QED) is 0.771. The van der Waals surface area contributed by atoms with Crippen LogP contribution in [0, 0.1) is 45.3 Å². The molecular weight excluding hydrogens is 398 g/mol. The van der Waals surface area contributed by atoms with Crippen molar-refractivity contribution in [2.24, 2.45) is 17.1 Å². The minimum absolute atomic E-state index is 0.0743. The number of allylic oxidation sites excluding steroid dienone is 2. The first-order valence-corrected chi connectivity index (χ1v) is 9.75. The molecule has 2 N–H and O–H groups in total. The zero-order chi connectivity index (χ0) is 22.2. The van der Waals surface area contributed by atoms with E-state index in [1.165, 1.54) is 4.90 Å². The number of nitrogens with two attached hydrogens (primary N) is 1. The van der Waals surface area contributed by atoms with Gasteiger partial charge in [-0.2, -0.15) is 15.8 Å². The third kappa shape index (κ3) is 2.93. The summed E-state index contributed by atoms with van der Waals surface area (Å²) in [5.41, 5.74) is 5.80. The van der Waals surface area contributed by atoms with Crippen molar-refractivity contribution >= 4 is 6.09 Å². The van der Waals surface area contributed by atoms with Gasteiger partial charge >= 0.3 is 6.09 Å². The number of benzene rings is 1. The number of rotatable bonds is 2. The molecule has 0 saturated carbocycles. The van der Waals surface area contributed by atoms with Crippen molar-refractivity contribution in [1.29, 1.82) is 15.8 Å². The monoisotopic (exact) mass is 417 g/mol. The molecule has 31 heavy (non-hydrogen) atoms. The Kier molecular flexibility index (Phi) is 4.93. The summed E-state index contributed by atoms with van der Waals surface area (Å²) >= 11 is 0. The summed E-state index contributed by atoms with van der Waals surface area (Å²) in [7, 11) is 0. The Balaban J connectivity index is 1.91. The fourth-order valence-corrected chi connectivity index (χ4v) is 4.53. The molecule has 0 saturated heterocycles. The van der Waals surface area contributed by atoms with Gasteiger partial charge in [-0.05, 0) is 30.2 Å². The lowest BCUT2D eigenvalue weighted by Gasteiger charge is -2.45. The summed E-state index contributed by atoms with van der Waals surface area (Å²) in [6.07, 6.45) is 1.25. The number of ether oxygens (including phenoxy) is 3. The average molecular weight is 417 g/mol. The summed E-state index contributed by atoms with van der Waals surface area (Å²) in [4.78, 5) is 13.9. The van der Waals surface area contributed by atoms with Crippen molar-refractivity contribution in [2.75, 3.05) is 26.5 Å². The van der Waals surface area contributed by atoms with Gasteiger partial charge in [-0.25, -0.2) is 4.79 Å². The first kappa shape index (κ1) is 20.1. The summed E-state index contributed by atoms with van der Waals surface area (Å²) in [6.45, 7) is 2.43. The zero-order valence-corrected chi connectivity index (χ0v) is 16.8. The number of hydrogen-bond acceptors (Lipinski definition) is 8. The highest BCUT2D eigenvalue weighted by atomic mass is 16.7. The van der Waals surface area contributed by atoms with Crippen LogP contribution in [0.3, 0.4) is 0 Å².